The number of fused-ring (bicyclic) bond motifs is 1. The second-order valence-electron chi connectivity index (χ2n) is 4.75. The Bertz CT molecular complexity index is 595. The number of anilines is 1. The van der Waals surface area contributed by atoms with Crippen molar-refractivity contribution in [3.8, 4) is 0 Å². The molecule has 0 saturated carbocycles. The van der Waals surface area contributed by atoms with Crippen LogP contribution >= 0.6 is 0 Å². The molecule has 1 amide bonds. The Kier molecular flexibility index (Phi) is 3.47. The van der Waals surface area contributed by atoms with Gasteiger partial charge in [-0.25, -0.2) is 4.98 Å². The summed E-state index contributed by atoms with van der Waals surface area (Å²) in [6.45, 7) is 3.26. The molecule has 6 heteroatoms. The zero-order chi connectivity index (χ0) is 13.9. The van der Waals surface area contributed by atoms with Gasteiger partial charge in [-0.05, 0) is 19.1 Å². The highest BCUT2D eigenvalue weighted by Gasteiger charge is 2.29. The Morgan fingerprint density at radius 1 is 1.45 bits per heavy atom. The van der Waals surface area contributed by atoms with E-state index in [2.05, 4.69) is 20.3 Å². The van der Waals surface area contributed by atoms with Crippen LogP contribution in [0.3, 0.4) is 0 Å². The minimum atomic E-state index is -0.223. The van der Waals surface area contributed by atoms with Crippen LogP contribution in [0.1, 0.15) is 18.3 Å². The number of nitrogens with zero attached hydrogens (tertiary/aromatic N) is 3. The molecule has 1 unspecified atom stereocenters. The van der Waals surface area contributed by atoms with Crippen molar-refractivity contribution in [2.75, 3.05) is 11.4 Å². The van der Waals surface area contributed by atoms with Crippen molar-refractivity contribution in [2.24, 2.45) is 0 Å². The van der Waals surface area contributed by atoms with Gasteiger partial charge in [0.25, 0.3) is 0 Å². The summed E-state index contributed by atoms with van der Waals surface area (Å²) in [5.41, 5.74) is 2.93. The average Bonchev–Trinajstić information content (AvgIpc) is 2.96. The van der Waals surface area contributed by atoms with Crippen molar-refractivity contribution in [2.45, 2.75) is 25.9 Å². The van der Waals surface area contributed by atoms with E-state index in [1.807, 2.05) is 19.1 Å². The van der Waals surface area contributed by atoms with Crippen molar-refractivity contribution in [1.29, 1.82) is 0 Å². The van der Waals surface area contributed by atoms with E-state index in [4.69, 9.17) is 0 Å². The summed E-state index contributed by atoms with van der Waals surface area (Å²) >= 11 is 0. The van der Waals surface area contributed by atoms with Crippen molar-refractivity contribution in [3.05, 3.63) is 42.2 Å². The SMILES string of the molecule is CCN(C(=O)C1Cc2nc[nH]c2CN1)c1ccncc1. The number of nitrogens with one attached hydrogen (secondary N) is 2. The molecule has 0 aromatic carbocycles. The summed E-state index contributed by atoms with van der Waals surface area (Å²) in [4.78, 5) is 25.8. The first kappa shape index (κ1) is 12.8. The van der Waals surface area contributed by atoms with Gasteiger partial charge >= 0.3 is 0 Å². The van der Waals surface area contributed by atoms with E-state index in [9.17, 15) is 4.79 Å². The van der Waals surface area contributed by atoms with Gasteiger partial charge in [-0.2, -0.15) is 0 Å². The maximum Gasteiger partial charge on any atom is 0.244 e. The molecule has 2 aromatic rings. The van der Waals surface area contributed by atoms with Crippen LogP contribution in [0.5, 0.6) is 0 Å². The van der Waals surface area contributed by atoms with E-state index in [0.717, 1.165) is 17.1 Å². The number of carbonyl (C=O) groups is 1. The lowest BCUT2D eigenvalue weighted by Crippen LogP contribution is -2.49. The van der Waals surface area contributed by atoms with Crippen LogP contribution in [0.4, 0.5) is 5.69 Å². The monoisotopic (exact) mass is 271 g/mol. The van der Waals surface area contributed by atoms with Crippen LogP contribution in [-0.4, -0.2) is 33.4 Å². The molecular formula is C14H17N5O. The predicted octanol–water partition coefficient (Wildman–Crippen LogP) is 0.872. The molecule has 0 bridgehead atoms. The molecule has 1 aliphatic rings. The lowest BCUT2D eigenvalue weighted by atomic mass is 10.0. The predicted molar refractivity (Wildman–Crippen MR) is 75.2 cm³/mol. The topological polar surface area (TPSA) is 73.9 Å². The van der Waals surface area contributed by atoms with Crippen LogP contribution in [0.25, 0.3) is 0 Å². The molecule has 2 N–H and O–H groups in total. The Labute approximate surface area is 117 Å². The van der Waals surface area contributed by atoms with E-state index in [1.165, 1.54) is 0 Å². The molecule has 3 rings (SSSR count). The standard InChI is InChI=1S/C14H17N5O/c1-2-19(10-3-5-15-6-4-10)14(20)12-7-11-13(8-16-12)18-9-17-11/h3-6,9,12,16H,2,7-8H2,1H3,(H,17,18). The number of amides is 1. The first-order chi connectivity index (χ1) is 9.79. The van der Waals surface area contributed by atoms with E-state index in [0.29, 0.717) is 19.5 Å². The number of pyridine rings is 1. The molecule has 0 aliphatic carbocycles. The Morgan fingerprint density at radius 3 is 3.00 bits per heavy atom. The third-order valence-electron chi connectivity index (χ3n) is 3.58. The highest BCUT2D eigenvalue weighted by atomic mass is 16.2. The Hall–Kier alpha value is -2.21. The van der Waals surface area contributed by atoms with Gasteiger partial charge in [-0.15, -0.1) is 0 Å². The normalized spacial score (nSPS) is 17.6. The second-order valence-corrected chi connectivity index (χ2v) is 4.75. The summed E-state index contributed by atoms with van der Waals surface area (Å²) in [5.74, 6) is 0.0763. The molecule has 6 nitrogen and oxygen atoms in total. The molecule has 104 valence electrons. The number of carbonyl (C=O) groups excluding carboxylic acids is 1. The van der Waals surface area contributed by atoms with Gasteiger partial charge in [-0.1, -0.05) is 0 Å². The minimum absolute atomic E-state index is 0.0763. The fraction of sp³-hybridized carbons (Fsp3) is 0.357. The number of H-pyrrole nitrogens is 1. The lowest BCUT2D eigenvalue weighted by Gasteiger charge is -2.29. The van der Waals surface area contributed by atoms with E-state index < -0.39 is 0 Å². The van der Waals surface area contributed by atoms with E-state index >= 15 is 0 Å². The van der Waals surface area contributed by atoms with Crippen LogP contribution in [0.15, 0.2) is 30.9 Å². The zero-order valence-electron chi connectivity index (χ0n) is 11.3. The highest BCUT2D eigenvalue weighted by Crippen LogP contribution is 2.18. The zero-order valence-corrected chi connectivity index (χ0v) is 11.3. The number of imidazole rings is 1. The van der Waals surface area contributed by atoms with E-state index in [1.54, 1.807) is 23.6 Å². The molecule has 0 radical (unpaired) electrons. The fourth-order valence-electron chi connectivity index (χ4n) is 2.52. The molecule has 0 spiro atoms. The maximum atomic E-state index is 12.7. The summed E-state index contributed by atoms with van der Waals surface area (Å²) in [7, 11) is 0. The van der Waals surface area contributed by atoms with Crippen LogP contribution < -0.4 is 10.2 Å². The molecule has 1 atom stereocenters. The molecule has 0 saturated heterocycles. The number of aromatic amines is 1. The third-order valence-corrected chi connectivity index (χ3v) is 3.58. The van der Waals surface area contributed by atoms with Gasteiger partial charge in [0.15, 0.2) is 0 Å². The van der Waals surface area contributed by atoms with Crippen LogP contribution in [0, 0.1) is 0 Å². The van der Waals surface area contributed by atoms with Crippen molar-refractivity contribution in [1.82, 2.24) is 20.3 Å². The second kappa shape index (κ2) is 5.42. The summed E-state index contributed by atoms with van der Waals surface area (Å²) in [6.07, 6.45) is 5.70. The maximum absolute atomic E-state index is 12.7. The minimum Gasteiger partial charge on any atom is -0.347 e. The smallest absolute Gasteiger partial charge is 0.244 e. The Morgan fingerprint density at radius 2 is 2.25 bits per heavy atom. The summed E-state index contributed by atoms with van der Waals surface area (Å²) in [5, 5.41) is 3.27. The van der Waals surface area contributed by atoms with Gasteiger partial charge in [0.05, 0.1) is 23.8 Å². The van der Waals surface area contributed by atoms with Crippen LogP contribution in [0.2, 0.25) is 0 Å². The lowest BCUT2D eigenvalue weighted by molar-refractivity contribution is -0.120. The van der Waals surface area contributed by atoms with Gasteiger partial charge in [0.2, 0.25) is 5.91 Å². The van der Waals surface area contributed by atoms with Gasteiger partial charge < -0.3 is 9.88 Å². The highest BCUT2D eigenvalue weighted by molar-refractivity contribution is 5.97. The van der Waals surface area contributed by atoms with Gasteiger partial charge in [-0.3, -0.25) is 15.1 Å². The third kappa shape index (κ3) is 2.30. The number of rotatable bonds is 3. The number of hydrogen-bond donors (Lipinski definition) is 2. The first-order valence-corrected chi connectivity index (χ1v) is 6.75. The quantitative estimate of drug-likeness (QED) is 0.869. The van der Waals surface area contributed by atoms with E-state index in [-0.39, 0.29) is 11.9 Å². The summed E-state index contributed by atoms with van der Waals surface area (Å²) < 4.78 is 0. The molecular weight excluding hydrogens is 254 g/mol. The summed E-state index contributed by atoms with van der Waals surface area (Å²) in [6, 6.07) is 3.48. The van der Waals surface area contributed by atoms with Crippen molar-refractivity contribution in [3.63, 3.8) is 0 Å². The molecule has 2 aromatic heterocycles. The molecule has 0 fully saturated rings. The fourth-order valence-corrected chi connectivity index (χ4v) is 2.52. The van der Waals surface area contributed by atoms with Crippen molar-refractivity contribution >= 4 is 11.6 Å². The van der Waals surface area contributed by atoms with Gasteiger partial charge in [0.1, 0.15) is 0 Å². The first-order valence-electron chi connectivity index (χ1n) is 6.75. The average molecular weight is 271 g/mol. The number of aromatic nitrogens is 3. The number of likely N-dealkylation sites (N-methyl/N-ethyl adjacent to an activating group) is 1. The molecule has 3 heterocycles. The van der Waals surface area contributed by atoms with Crippen LogP contribution in [-0.2, 0) is 17.8 Å². The number of hydrogen-bond acceptors (Lipinski definition) is 4. The largest absolute Gasteiger partial charge is 0.347 e. The Balaban J connectivity index is 1.78. The molecule has 20 heavy (non-hydrogen) atoms. The van der Waals surface area contributed by atoms with Crippen molar-refractivity contribution < 1.29 is 4.79 Å². The van der Waals surface area contributed by atoms with Gasteiger partial charge in [0, 0.05) is 37.6 Å². The molecule has 1 aliphatic heterocycles.